The van der Waals surface area contributed by atoms with Crippen LogP contribution in [0.5, 0.6) is 5.75 Å². The van der Waals surface area contributed by atoms with Crippen LogP contribution in [0.2, 0.25) is 0 Å². The third-order valence-electron chi connectivity index (χ3n) is 5.69. The molecule has 4 unspecified atom stereocenters. The second-order valence-electron chi connectivity index (χ2n) is 9.04. The number of carboxylic acid groups (broad SMARTS) is 1. The predicted octanol–water partition coefficient (Wildman–Crippen LogP) is 0.630. The van der Waals surface area contributed by atoms with Gasteiger partial charge in [-0.05, 0) is 35.6 Å². The number of nitrogens with one attached hydrogen (secondary N) is 3. The molecule has 11 heteroatoms. The maximum Gasteiger partial charge on any atom is 0.326 e. The Morgan fingerprint density at radius 3 is 1.92 bits per heavy atom. The highest BCUT2D eigenvalue weighted by atomic mass is 32.1. The van der Waals surface area contributed by atoms with Gasteiger partial charge >= 0.3 is 5.97 Å². The van der Waals surface area contributed by atoms with Crippen LogP contribution < -0.4 is 21.7 Å². The SMILES string of the molecule is CC(C)C(NC(=O)C(CS)NC(=O)C(N)Cc1ccccc1)C(=O)NC(Cc1ccc(O)cc1)C(=O)O. The van der Waals surface area contributed by atoms with Gasteiger partial charge in [-0.25, -0.2) is 4.79 Å². The largest absolute Gasteiger partial charge is 0.508 e. The van der Waals surface area contributed by atoms with Crippen LogP contribution in [0.15, 0.2) is 54.6 Å². The van der Waals surface area contributed by atoms with Gasteiger partial charge in [-0.15, -0.1) is 0 Å². The predicted molar refractivity (Wildman–Crippen MR) is 142 cm³/mol. The van der Waals surface area contributed by atoms with E-state index in [4.69, 9.17) is 5.73 Å². The fourth-order valence-electron chi connectivity index (χ4n) is 3.55. The van der Waals surface area contributed by atoms with Gasteiger partial charge in [0.15, 0.2) is 0 Å². The van der Waals surface area contributed by atoms with Gasteiger partial charge in [0.25, 0.3) is 0 Å². The Labute approximate surface area is 221 Å². The van der Waals surface area contributed by atoms with E-state index in [-0.39, 0.29) is 30.3 Å². The zero-order chi connectivity index (χ0) is 27.5. The van der Waals surface area contributed by atoms with E-state index in [0.29, 0.717) is 5.56 Å². The second kappa shape index (κ2) is 14.2. The van der Waals surface area contributed by atoms with Gasteiger partial charge in [0.2, 0.25) is 17.7 Å². The topological polar surface area (TPSA) is 171 Å². The zero-order valence-electron chi connectivity index (χ0n) is 20.8. The smallest absolute Gasteiger partial charge is 0.326 e. The fraction of sp³-hybridized carbons (Fsp3) is 0.385. The summed E-state index contributed by atoms with van der Waals surface area (Å²) < 4.78 is 0. The summed E-state index contributed by atoms with van der Waals surface area (Å²) in [5.41, 5.74) is 7.47. The number of carboxylic acids is 1. The molecule has 37 heavy (non-hydrogen) atoms. The monoisotopic (exact) mass is 530 g/mol. The number of carbonyl (C=O) groups is 4. The van der Waals surface area contributed by atoms with E-state index in [0.717, 1.165) is 5.56 Å². The highest BCUT2D eigenvalue weighted by Gasteiger charge is 2.31. The standard InChI is InChI=1S/C26H34N4O6S/c1-15(2)22(25(34)28-20(26(35)36)13-17-8-10-18(31)11-9-17)30-24(33)21(14-37)29-23(32)19(27)12-16-6-4-3-5-7-16/h3-11,15,19-22,31,37H,12-14,27H2,1-2H3,(H,28,34)(H,29,32)(H,30,33)(H,35,36). The van der Waals surface area contributed by atoms with Crippen molar-refractivity contribution in [3.63, 3.8) is 0 Å². The molecule has 7 N–H and O–H groups in total. The first kappa shape index (κ1) is 29.7. The van der Waals surface area contributed by atoms with E-state index in [1.165, 1.54) is 12.1 Å². The van der Waals surface area contributed by atoms with Crippen LogP contribution in [0.1, 0.15) is 25.0 Å². The third-order valence-corrected chi connectivity index (χ3v) is 6.05. The van der Waals surface area contributed by atoms with E-state index in [9.17, 15) is 29.4 Å². The van der Waals surface area contributed by atoms with Crippen LogP contribution in [0.3, 0.4) is 0 Å². The molecule has 2 aromatic carbocycles. The van der Waals surface area contributed by atoms with Crippen molar-refractivity contribution in [1.29, 1.82) is 0 Å². The average molecular weight is 531 g/mol. The lowest BCUT2D eigenvalue weighted by Crippen LogP contribution is -2.59. The quantitative estimate of drug-likeness (QED) is 0.186. The summed E-state index contributed by atoms with van der Waals surface area (Å²) in [5.74, 6) is -3.50. The summed E-state index contributed by atoms with van der Waals surface area (Å²) in [5, 5.41) is 26.6. The number of phenolic OH excluding ortho intramolecular Hbond substituents is 1. The van der Waals surface area contributed by atoms with Crippen LogP contribution in [-0.4, -0.2) is 63.8 Å². The molecule has 0 saturated carbocycles. The van der Waals surface area contributed by atoms with Crippen molar-refractivity contribution in [2.45, 2.75) is 50.9 Å². The number of aliphatic carboxylic acids is 1. The second-order valence-corrected chi connectivity index (χ2v) is 9.41. The summed E-state index contributed by atoms with van der Waals surface area (Å²) >= 11 is 4.16. The lowest BCUT2D eigenvalue weighted by atomic mass is 10.0. The van der Waals surface area contributed by atoms with Gasteiger partial charge in [-0.1, -0.05) is 56.3 Å². The van der Waals surface area contributed by atoms with Crippen molar-refractivity contribution in [3.05, 3.63) is 65.7 Å². The third kappa shape index (κ3) is 9.43. The number of benzene rings is 2. The average Bonchev–Trinajstić information content (AvgIpc) is 2.86. The van der Waals surface area contributed by atoms with Crippen molar-refractivity contribution in [2.24, 2.45) is 11.7 Å². The van der Waals surface area contributed by atoms with Crippen molar-refractivity contribution in [3.8, 4) is 5.75 Å². The molecule has 0 bridgehead atoms. The molecular weight excluding hydrogens is 496 g/mol. The van der Waals surface area contributed by atoms with Crippen LogP contribution in [0.4, 0.5) is 0 Å². The van der Waals surface area contributed by atoms with Gasteiger partial charge < -0.3 is 31.9 Å². The van der Waals surface area contributed by atoms with Crippen LogP contribution in [0, 0.1) is 5.92 Å². The van der Waals surface area contributed by atoms with Crippen LogP contribution in [-0.2, 0) is 32.0 Å². The molecular formula is C26H34N4O6S. The van der Waals surface area contributed by atoms with E-state index in [2.05, 4.69) is 28.6 Å². The molecule has 10 nitrogen and oxygen atoms in total. The van der Waals surface area contributed by atoms with Crippen molar-refractivity contribution < 1.29 is 29.4 Å². The molecule has 0 aliphatic rings. The molecule has 2 aromatic rings. The minimum Gasteiger partial charge on any atom is -0.508 e. The zero-order valence-corrected chi connectivity index (χ0v) is 21.7. The highest BCUT2D eigenvalue weighted by Crippen LogP contribution is 2.12. The lowest BCUT2D eigenvalue weighted by molar-refractivity contribution is -0.142. The Morgan fingerprint density at radius 1 is 0.811 bits per heavy atom. The number of hydrogen-bond acceptors (Lipinski definition) is 7. The van der Waals surface area contributed by atoms with Crippen molar-refractivity contribution in [1.82, 2.24) is 16.0 Å². The Hall–Kier alpha value is -3.57. The normalized spacial score (nSPS) is 14.2. The summed E-state index contributed by atoms with van der Waals surface area (Å²) in [4.78, 5) is 50.2. The first-order valence-corrected chi connectivity index (χ1v) is 12.5. The molecule has 2 rings (SSSR count). The first-order chi connectivity index (χ1) is 17.5. The van der Waals surface area contributed by atoms with E-state index in [1.54, 1.807) is 26.0 Å². The summed E-state index contributed by atoms with van der Waals surface area (Å²) in [6.07, 6.45) is 0.261. The van der Waals surface area contributed by atoms with Gasteiger partial charge in [0.1, 0.15) is 23.9 Å². The maximum atomic E-state index is 13.0. The fourth-order valence-corrected chi connectivity index (χ4v) is 3.81. The Balaban J connectivity index is 2.02. The molecule has 0 aromatic heterocycles. The first-order valence-electron chi connectivity index (χ1n) is 11.8. The highest BCUT2D eigenvalue weighted by molar-refractivity contribution is 7.80. The molecule has 0 spiro atoms. The molecule has 200 valence electrons. The number of carbonyl (C=O) groups excluding carboxylic acids is 3. The molecule has 0 radical (unpaired) electrons. The number of thiol groups is 1. The van der Waals surface area contributed by atoms with Gasteiger partial charge in [-0.2, -0.15) is 12.6 Å². The number of rotatable bonds is 13. The minimum atomic E-state index is -1.26. The lowest BCUT2D eigenvalue weighted by Gasteiger charge is -2.26. The molecule has 0 saturated heterocycles. The minimum absolute atomic E-state index is 0.0191. The summed E-state index contributed by atoms with van der Waals surface area (Å²) in [7, 11) is 0. The molecule has 0 aliphatic carbocycles. The Kier molecular flexibility index (Phi) is 11.4. The molecule has 0 aliphatic heterocycles. The number of hydrogen-bond donors (Lipinski definition) is 7. The van der Waals surface area contributed by atoms with E-state index >= 15 is 0 Å². The number of amides is 3. The van der Waals surface area contributed by atoms with Crippen molar-refractivity contribution >= 4 is 36.3 Å². The molecule has 4 atom stereocenters. The van der Waals surface area contributed by atoms with Gasteiger partial charge in [0.05, 0.1) is 6.04 Å². The molecule has 0 fully saturated rings. The number of nitrogens with two attached hydrogens (primary N) is 1. The van der Waals surface area contributed by atoms with E-state index < -0.39 is 47.9 Å². The summed E-state index contributed by atoms with van der Waals surface area (Å²) in [6, 6.07) is 10.9. The van der Waals surface area contributed by atoms with Crippen LogP contribution >= 0.6 is 12.6 Å². The Morgan fingerprint density at radius 2 is 1.38 bits per heavy atom. The number of phenols is 1. The van der Waals surface area contributed by atoms with Gasteiger partial charge in [-0.3, -0.25) is 14.4 Å². The summed E-state index contributed by atoms with van der Waals surface area (Å²) in [6.45, 7) is 3.40. The number of aromatic hydroxyl groups is 1. The molecule has 0 heterocycles. The van der Waals surface area contributed by atoms with Gasteiger partial charge in [0, 0.05) is 12.2 Å². The van der Waals surface area contributed by atoms with Crippen LogP contribution in [0.25, 0.3) is 0 Å². The van der Waals surface area contributed by atoms with Crippen molar-refractivity contribution in [2.75, 3.05) is 5.75 Å². The Bertz CT molecular complexity index is 1060. The molecule has 3 amide bonds. The van der Waals surface area contributed by atoms with E-state index in [1.807, 2.05) is 30.3 Å². The maximum absolute atomic E-state index is 13.0.